The summed E-state index contributed by atoms with van der Waals surface area (Å²) >= 11 is 0. The molecular formula is C14H18F3NO. The highest BCUT2D eigenvalue weighted by Crippen LogP contribution is 2.33. The van der Waals surface area contributed by atoms with Gasteiger partial charge in [0.1, 0.15) is 0 Å². The van der Waals surface area contributed by atoms with Crippen molar-refractivity contribution in [2.24, 2.45) is 5.73 Å². The molecule has 5 heteroatoms. The van der Waals surface area contributed by atoms with Crippen molar-refractivity contribution in [3.8, 4) is 0 Å². The molecule has 0 amide bonds. The second kappa shape index (κ2) is 5.51. The monoisotopic (exact) mass is 273 g/mol. The Morgan fingerprint density at radius 3 is 2.16 bits per heavy atom. The molecule has 0 saturated heterocycles. The maximum absolute atomic E-state index is 12.4. The fourth-order valence-electron chi connectivity index (χ4n) is 2.45. The smallest absolute Gasteiger partial charge is 0.369 e. The summed E-state index contributed by atoms with van der Waals surface area (Å²) in [7, 11) is 0. The first-order valence-electron chi connectivity index (χ1n) is 6.45. The van der Waals surface area contributed by atoms with Crippen LogP contribution in [-0.2, 0) is 17.5 Å². The molecule has 0 bridgehead atoms. The molecule has 1 saturated carbocycles. The third kappa shape index (κ3) is 3.48. The summed E-state index contributed by atoms with van der Waals surface area (Å²) < 4.78 is 43.1. The van der Waals surface area contributed by atoms with Gasteiger partial charge in [0.25, 0.3) is 0 Å². The summed E-state index contributed by atoms with van der Waals surface area (Å²) in [6.45, 7) is 0.781. The zero-order chi connectivity index (χ0) is 13.9. The first-order chi connectivity index (χ1) is 8.95. The minimum atomic E-state index is -4.29. The van der Waals surface area contributed by atoms with Gasteiger partial charge in [0.15, 0.2) is 0 Å². The molecule has 19 heavy (non-hydrogen) atoms. The number of halogens is 3. The maximum Gasteiger partial charge on any atom is 0.416 e. The van der Waals surface area contributed by atoms with Crippen LogP contribution in [0.1, 0.15) is 36.8 Å². The van der Waals surface area contributed by atoms with Crippen molar-refractivity contribution in [3.63, 3.8) is 0 Å². The fourth-order valence-corrected chi connectivity index (χ4v) is 2.45. The number of benzene rings is 1. The highest BCUT2D eigenvalue weighted by atomic mass is 19.4. The van der Waals surface area contributed by atoms with E-state index in [1.807, 2.05) is 0 Å². The molecule has 1 aromatic carbocycles. The van der Waals surface area contributed by atoms with Gasteiger partial charge in [-0.3, -0.25) is 0 Å². The topological polar surface area (TPSA) is 35.2 Å². The van der Waals surface area contributed by atoms with Gasteiger partial charge < -0.3 is 10.5 Å². The largest absolute Gasteiger partial charge is 0.416 e. The quantitative estimate of drug-likeness (QED) is 0.911. The van der Waals surface area contributed by atoms with Gasteiger partial charge in [-0.25, -0.2) is 0 Å². The van der Waals surface area contributed by atoms with Crippen LogP contribution in [0.15, 0.2) is 24.3 Å². The summed E-state index contributed by atoms with van der Waals surface area (Å²) in [5, 5.41) is 0. The molecule has 0 aromatic heterocycles. The Labute approximate surface area is 110 Å². The SMILES string of the molecule is NCC1(OCc2ccc(C(F)(F)F)cc2)CCCC1. The Bertz CT molecular complexity index is 408. The van der Waals surface area contributed by atoms with Crippen LogP contribution in [0.3, 0.4) is 0 Å². The van der Waals surface area contributed by atoms with Crippen LogP contribution in [0.4, 0.5) is 13.2 Å². The number of alkyl halides is 3. The van der Waals surface area contributed by atoms with E-state index in [1.54, 1.807) is 0 Å². The Balaban J connectivity index is 1.96. The van der Waals surface area contributed by atoms with Crippen LogP contribution in [-0.4, -0.2) is 12.1 Å². The fraction of sp³-hybridized carbons (Fsp3) is 0.571. The van der Waals surface area contributed by atoms with Crippen molar-refractivity contribution in [3.05, 3.63) is 35.4 Å². The lowest BCUT2D eigenvalue weighted by Gasteiger charge is -2.27. The van der Waals surface area contributed by atoms with Gasteiger partial charge in [0.2, 0.25) is 0 Å². The first kappa shape index (κ1) is 14.3. The molecule has 0 spiro atoms. The van der Waals surface area contributed by atoms with E-state index < -0.39 is 11.7 Å². The first-order valence-corrected chi connectivity index (χ1v) is 6.45. The average molecular weight is 273 g/mol. The highest BCUT2D eigenvalue weighted by molar-refractivity contribution is 5.24. The Morgan fingerprint density at radius 1 is 1.11 bits per heavy atom. The molecule has 0 aliphatic heterocycles. The lowest BCUT2D eigenvalue weighted by atomic mass is 10.0. The molecule has 0 atom stereocenters. The van der Waals surface area contributed by atoms with E-state index >= 15 is 0 Å². The number of hydrogen-bond acceptors (Lipinski definition) is 2. The van der Waals surface area contributed by atoms with Gasteiger partial charge in [-0.15, -0.1) is 0 Å². The van der Waals surface area contributed by atoms with E-state index in [4.69, 9.17) is 10.5 Å². The summed E-state index contributed by atoms with van der Waals surface area (Å²) in [4.78, 5) is 0. The van der Waals surface area contributed by atoms with E-state index in [0.29, 0.717) is 13.2 Å². The van der Waals surface area contributed by atoms with E-state index in [2.05, 4.69) is 0 Å². The molecule has 2 N–H and O–H groups in total. The summed E-state index contributed by atoms with van der Waals surface area (Å²) in [5.74, 6) is 0. The molecule has 1 fully saturated rings. The number of ether oxygens (including phenoxy) is 1. The maximum atomic E-state index is 12.4. The molecule has 1 aliphatic rings. The van der Waals surface area contributed by atoms with Gasteiger partial charge in [0.05, 0.1) is 17.8 Å². The summed E-state index contributed by atoms with van der Waals surface area (Å²) in [6, 6.07) is 5.09. The van der Waals surface area contributed by atoms with Crippen LogP contribution < -0.4 is 5.73 Å². The predicted octanol–water partition coefficient (Wildman–Crippen LogP) is 3.49. The molecular weight excluding hydrogens is 255 g/mol. The molecule has 1 aliphatic carbocycles. The molecule has 2 rings (SSSR count). The van der Waals surface area contributed by atoms with E-state index in [-0.39, 0.29) is 5.60 Å². The van der Waals surface area contributed by atoms with Crippen molar-refractivity contribution >= 4 is 0 Å². The average Bonchev–Trinajstić information content (AvgIpc) is 2.85. The van der Waals surface area contributed by atoms with Crippen molar-refractivity contribution < 1.29 is 17.9 Å². The van der Waals surface area contributed by atoms with Gasteiger partial charge in [-0.05, 0) is 30.5 Å². The van der Waals surface area contributed by atoms with Crippen molar-refractivity contribution in [2.45, 2.75) is 44.1 Å². The number of rotatable bonds is 4. The summed E-state index contributed by atoms with van der Waals surface area (Å²) in [6.07, 6.45) is -0.216. The Kier molecular flexibility index (Phi) is 4.16. The normalized spacial score (nSPS) is 18.7. The molecule has 1 aromatic rings. The van der Waals surface area contributed by atoms with Gasteiger partial charge >= 0.3 is 6.18 Å². The second-order valence-corrected chi connectivity index (χ2v) is 5.08. The number of nitrogens with two attached hydrogens (primary N) is 1. The standard InChI is InChI=1S/C14H18F3NO/c15-14(16,17)12-5-3-11(4-6-12)9-19-13(10-18)7-1-2-8-13/h3-6H,1-2,7-10,18H2. The zero-order valence-corrected chi connectivity index (χ0v) is 10.7. The predicted molar refractivity (Wildman–Crippen MR) is 66.5 cm³/mol. The molecule has 0 radical (unpaired) electrons. The van der Waals surface area contributed by atoms with Gasteiger partial charge in [-0.2, -0.15) is 13.2 Å². The molecule has 2 nitrogen and oxygen atoms in total. The lowest BCUT2D eigenvalue weighted by molar-refractivity contribution is -0.137. The third-order valence-electron chi connectivity index (χ3n) is 3.71. The zero-order valence-electron chi connectivity index (χ0n) is 10.7. The Morgan fingerprint density at radius 2 is 1.68 bits per heavy atom. The molecule has 106 valence electrons. The summed E-state index contributed by atoms with van der Waals surface area (Å²) in [5.41, 5.74) is 5.57. The minimum absolute atomic E-state index is 0.275. The van der Waals surface area contributed by atoms with E-state index in [1.165, 1.54) is 12.1 Å². The van der Waals surface area contributed by atoms with Crippen LogP contribution in [0.2, 0.25) is 0 Å². The highest BCUT2D eigenvalue weighted by Gasteiger charge is 2.33. The van der Waals surface area contributed by atoms with Crippen LogP contribution >= 0.6 is 0 Å². The molecule has 0 heterocycles. The third-order valence-corrected chi connectivity index (χ3v) is 3.71. The van der Waals surface area contributed by atoms with E-state index in [0.717, 1.165) is 43.4 Å². The van der Waals surface area contributed by atoms with Crippen molar-refractivity contribution in [1.82, 2.24) is 0 Å². The second-order valence-electron chi connectivity index (χ2n) is 5.08. The minimum Gasteiger partial charge on any atom is -0.369 e. The van der Waals surface area contributed by atoms with Gasteiger partial charge in [-0.1, -0.05) is 25.0 Å². The van der Waals surface area contributed by atoms with Crippen LogP contribution in [0.25, 0.3) is 0 Å². The lowest BCUT2D eigenvalue weighted by Crippen LogP contribution is -2.37. The van der Waals surface area contributed by atoms with Crippen LogP contribution in [0, 0.1) is 0 Å². The van der Waals surface area contributed by atoms with E-state index in [9.17, 15) is 13.2 Å². The van der Waals surface area contributed by atoms with Gasteiger partial charge in [0, 0.05) is 6.54 Å². The van der Waals surface area contributed by atoms with Crippen LogP contribution in [0.5, 0.6) is 0 Å². The Hall–Kier alpha value is -1.07. The van der Waals surface area contributed by atoms with Crippen molar-refractivity contribution in [2.75, 3.05) is 6.54 Å². The number of hydrogen-bond donors (Lipinski definition) is 1. The van der Waals surface area contributed by atoms with Crippen molar-refractivity contribution in [1.29, 1.82) is 0 Å². The molecule has 0 unspecified atom stereocenters.